The molecule has 1 aliphatic heterocycles. The summed E-state index contributed by atoms with van der Waals surface area (Å²) in [6.07, 6.45) is 0.276. The summed E-state index contributed by atoms with van der Waals surface area (Å²) >= 11 is 1.89. The SMILES string of the molecule is COc1ccc(-c2cc(N)n(C)n2)cc1OC1CSC1. The topological polar surface area (TPSA) is 62.3 Å². The molecule has 0 amide bonds. The number of benzene rings is 1. The lowest BCUT2D eigenvalue weighted by molar-refractivity contribution is 0.228. The van der Waals surface area contributed by atoms with Gasteiger partial charge in [0.05, 0.1) is 12.8 Å². The van der Waals surface area contributed by atoms with Crippen LogP contribution in [0.5, 0.6) is 11.5 Å². The van der Waals surface area contributed by atoms with Crippen molar-refractivity contribution in [3.8, 4) is 22.8 Å². The fourth-order valence-corrected chi connectivity index (χ4v) is 2.58. The van der Waals surface area contributed by atoms with Gasteiger partial charge in [-0.2, -0.15) is 16.9 Å². The number of hydrogen-bond donors (Lipinski definition) is 1. The van der Waals surface area contributed by atoms with Crippen LogP contribution >= 0.6 is 11.8 Å². The number of ether oxygens (including phenoxy) is 2. The third-order valence-electron chi connectivity index (χ3n) is 3.28. The van der Waals surface area contributed by atoms with Gasteiger partial charge in [-0.1, -0.05) is 0 Å². The van der Waals surface area contributed by atoms with E-state index >= 15 is 0 Å². The first-order valence-corrected chi connectivity index (χ1v) is 7.55. The second-order valence-electron chi connectivity index (χ2n) is 4.72. The Morgan fingerprint density at radius 3 is 2.65 bits per heavy atom. The molecule has 5 nitrogen and oxygen atoms in total. The molecule has 20 heavy (non-hydrogen) atoms. The fraction of sp³-hybridized carbons (Fsp3) is 0.357. The molecule has 2 heterocycles. The molecule has 0 radical (unpaired) electrons. The van der Waals surface area contributed by atoms with Crippen LogP contribution in [-0.4, -0.2) is 34.5 Å². The van der Waals surface area contributed by atoms with Crippen molar-refractivity contribution in [2.45, 2.75) is 6.10 Å². The Kier molecular flexibility index (Phi) is 3.48. The number of thioether (sulfide) groups is 1. The highest BCUT2D eigenvalue weighted by molar-refractivity contribution is 8.00. The van der Waals surface area contributed by atoms with Crippen molar-refractivity contribution in [3.05, 3.63) is 24.3 Å². The van der Waals surface area contributed by atoms with Gasteiger partial charge in [-0.05, 0) is 18.2 Å². The zero-order valence-corrected chi connectivity index (χ0v) is 12.3. The highest BCUT2D eigenvalue weighted by Crippen LogP contribution is 2.35. The largest absolute Gasteiger partial charge is 0.493 e. The second-order valence-corrected chi connectivity index (χ2v) is 5.80. The van der Waals surface area contributed by atoms with E-state index in [1.807, 2.05) is 43.1 Å². The average Bonchev–Trinajstić information content (AvgIpc) is 2.74. The van der Waals surface area contributed by atoms with E-state index < -0.39 is 0 Å². The Morgan fingerprint density at radius 2 is 2.10 bits per heavy atom. The molecule has 3 rings (SSSR count). The van der Waals surface area contributed by atoms with E-state index in [2.05, 4.69) is 5.10 Å². The molecule has 0 saturated carbocycles. The predicted molar refractivity (Wildman–Crippen MR) is 81.3 cm³/mol. The normalized spacial score (nSPS) is 14.9. The van der Waals surface area contributed by atoms with Crippen molar-refractivity contribution in [1.82, 2.24) is 9.78 Å². The maximum Gasteiger partial charge on any atom is 0.162 e. The van der Waals surface area contributed by atoms with Gasteiger partial charge >= 0.3 is 0 Å². The van der Waals surface area contributed by atoms with Crippen LogP contribution in [0.1, 0.15) is 0 Å². The van der Waals surface area contributed by atoms with E-state index in [1.165, 1.54) is 0 Å². The minimum Gasteiger partial charge on any atom is -0.493 e. The number of nitrogen functional groups attached to an aromatic ring is 1. The van der Waals surface area contributed by atoms with Gasteiger partial charge in [-0.3, -0.25) is 4.68 Å². The molecule has 106 valence electrons. The molecule has 1 saturated heterocycles. The molecule has 1 aliphatic rings. The quantitative estimate of drug-likeness (QED) is 0.935. The van der Waals surface area contributed by atoms with Crippen molar-refractivity contribution in [2.24, 2.45) is 7.05 Å². The summed E-state index contributed by atoms with van der Waals surface area (Å²) in [4.78, 5) is 0. The Bertz CT molecular complexity index is 603. The molecule has 0 bridgehead atoms. The van der Waals surface area contributed by atoms with Crippen LogP contribution in [0.2, 0.25) is 0 Å². The second kappa shape index (κ2) is 5.28. The summed E-state index contributed by atoms with van der Waals surface area (Å²) in [6, 6.07) is 7.68. The number of methoxy groups -OCH3 is 1. The summed E-state index contributed by atoms with van der Waals surface area (Å²) in [5, 5.41) is 4.38. The van der Waals surface area contributed by atoms with E-state index in [0.29, 0.717) is 5.82 Å². The summed E-state index contributed by atoms with van der Waals surface area (Å²) in [7, 11) is 3.47. The van der Waals surface area contributed by atoms with Crippen molar-refractivity contribution >= 4 is 17.6 Å². The van der Waals surface area contributed by atoms with Crippen LogP contribution in [0.4, 0.5) is 5.82 Å². The maximum absolute atomic E-state index is 5.96. The van der Waals surface area contributed by atoms with Crippen LogP contribution in [0.15, 0.2) is 24.3 Å². The molecule has 6 heteroatoms. The number of aryl methyl sites for hydroxylation is 1. The molecule has 0 unspecified atom stereocenters. The number of nitrogens with zero attached hydrogens (tertiary/aromatic N) is 2. The Balaban J connectivity index is 1.93. The van der Waals surface area contributed by atoms with E-state index in [1.54, 1.807) is 11.8 Å². The molecular weight excluding hydrogens is 274 g/mol. The number of rotatable bonds is 4. The molecule has 1 aromatic heterocycles. The lowest BCUT2D eigenvalue weighted by Gasteiger charge is -2.26. The third kappa shape index (κ3) is 2.43. The highest BCUT2D eigenvalue weighted by atomic mass is 32.2. The van der Waals surface area contributed by atoms with Gasteiger partial charge in [0.15, 0.2) is 11.5 Å². The van der Waals surface area contributed by atoms with E-state index in [4.69, 9.17) is 15.2 Å². The lowest BCUT2D eigenvalue weighted by Crippen LogP contribution is -2.31. The minimum atomic E-state index is 0.276. The summed E-state index contributed by atoms with van der Waals surface area (Å²) in [5.74, 6) is 4.20. The van der Waals surface area contributed by atoms with E-state index in [9.17, 15) is 0 Å². The van der Waals surface area contributed by atoms with Crippen LogP contribution in [-0.2, 0) is 7.05 Å². The molecule has 2 aromatic rings. The van der Waals surface area contributed by atoms with Gasteiger partial charge < -0.3 is 15.2 Å². The van der Waals surface area contributed by atoms with Crippen molar-refractivity contribution in [1.29, 1.82) is 0 Å². The zero-order chi connectivity index (χ0) is 14.1. The van der Waals surface area contributed by atoms with Gasteiger partial charge in [0.2, 0.25) is 0 Å². The standard InChI is InChI=1S/C14H17N3O2S/c1-17-14(15)6-11(16-17)9-3-4-12(18-2)13(5-9)19-10-7-20-8-10/h3-6,10H,7-8,15H2,1-2H3. The summed E-state index contributed by atoms with van der Waals surface area (Å²) in [6.45, 7) is 0. The monoisotopic (exact) mass is 291 g/mol. The number of aromatic nitrogens is 2. The molecule has 2 N–H and O–H groups in total. The lowest BCUT2D eigenvalue weighted by atomic mass is 10.1. The van der Waals surface area contributed by atoms with Gasteiger partial charge in [0, 0.05) is 30.2 Å². The van der Waals surface area contributed by atoms with Gasteiger partial charge in [-0.25, -0.2) is 0 Å². The average molecular weight is 291 g/mol. The number of hydrogen-bond acceptors (Lipinski definition) is 5. The zero-order valence-electron chi connectivity index (χ0n) is 11.5. The summed E-state index contributed by atoms with van der Waals surface area (Å²) in [5.41, 5.74) is 7.63. The first-order chi connectivity index (χ1) is 9.67. The summed E-state index contributed by atoms with van der Waals surface area (Å²) < 4.78 is 13.0. The smallest absolute Gasteiger partial charge is 0.162 e. The first-order valence-electron chi connectivity index (χ1n) is 6.39. The molecule has 0 atom stereocenters. The molecule has 0 spiro atoms. The van der Waals surface area contributed by atoms with Crippen molar-refractivity contribution < 1.29 is 9.47 Å². The van der Waals surface area contributed by atoms with Crippen LogP contribution < -0.4 is 15.2 Å². The number of anilines is 1. The Morgan fingerprint density at radius 1 is 1.30 bits per heavy atom. The predicted octanol–water partition coefficient (Wildman–Crippen LogP) is 2.17. The molecule has 0 aliphatic carbocycles. The van der Waals surface area contributed by atoms with E-state index in [0.717, 1.165) is 34.3 Å². The molecular formula is C14H17N3O2S. The molecule has 1 fully saturated rings. The fourth-order valence-electron chi connectivity index (χ4n) is 2.01. The van der Waals surface area contributed by atoms with Crippen LogP contribution in [0, 0.1) is 0 Å². The van der Waals surface area contributed by atoms with Crippen molar-refractivity contribution in [2.75, 3.05) is 24.3 Å². The maximum atomic E-state index is 5.96. The van der Waals surface area contributed by atoms with Crippen LogP contribution in [0.3, 0.4) is 0 Å². The van der Waals surface area contributed by atoms with Crippen molar-refractivity contribution in [3.63, 3.8) is 0 Å². The van der Waals surface area contributed by atoms with E-state index in [-0.39, 0.29) is 6.10 Å². The highest BCUT2D eigenvalue weighted by Gasteiger charge is 2.22. The van der Waals surface area contributed by atoms with Gasteiger partial charge in [0.25, 0.3) is 0 Å². The Hall–Kier alpha value is -1.82. The Labute approximate surface area is 122 Å². The third-order valence-corrected chi connectivity index (χ3v) is 4.49. The first kappa shape index (κ1) is 13.2. The van der Waals surface area contributed by atoms with Gasteiger partial charge in [-0.15, -0.1) is 0 Å². The number of nitrogens with two attached hydrogens (primary N) is 1. The molecule has 1 aromatic carbocycles. The minimum absolute atomic E-state index is 0.276. The van der Waals surface area contributed by atoms with Crippen LogP contribution in [0.25, 0.3) is 11.3 Å². The van der Waals surface area contributed by atoms with Gasteiger partial charge in [0.1, 0.15) is 11.9 Å².